The minimum Gasteiger partial charge on any atom is -0.467 e. The molecule has 0 aliphatic rings. The van der Waals surface area contributed by atoms with Gasteiger partial charge in [-0.15, -0.1) is 0 Å². The molecule has 0 aliphatic heterocycles. The lowest BCUT2D eigenvalue weighted by Crippen LogP contribution is -2.31. The highest BCUT2D eigenvalue weighted by Crippen LogP contribution is 2.12. The summed E-state index contributed by atoms with van der Waals surface area (Å²) in [5, 5.41) is 17.7. The highest BCUT2D eigenvalue weighted by Gasteiger charge is 2.11. The zero-order valence-corrected chi connectivity index (χ0v) is 9.00. The summed E-state index contributed by atoms with van der Waals surface area (Å²) in [5.41, 5.74) is 5.47. The van der Waals surface area contributed by atoms with Crippen LogP contribution in [-0.2, 0) is 0 Å². The number of nitrogens with zero attached hydrogens (tertiary/aromatic N) is 4. The average Bonchev–Trinajstić information content (AvgIpc) is 2.28. The van der Waals surface area contributed by atoms with Gasteiger partial charge in [-0.2, -0.15) is 15.0 Å². The van der Waals surface area contributed by atoms with Crippen molar-refractivity contribution in [2.75, 3.05) is 44.0 Å². The van der Waals surface area contributed by atoms with E-state index >= 15 is 0 Å². The van der Waals surface area contributed by atoms with Crippen molar-refractivity contribution in [1.82, 2.24) is 15.0 Å². The van der Waals surface area contributed by atoms with E-state index in [2.05, 4.69) is 15.0 Å². The molecule has 0 spiro atoms. The Kier molecular flexibility index (Phi) is 4.67. The van der Waals surface area contributed by atoms with E-state index in [0.29, 0.717) is 13.1 Å². The molecule has 0 fully saturated rings. The van der Waals surface area contributed by atoms with Crippen LogP contribution in [0.4, 0.5) is 11.9 Å². The summed E-state index contributed by atoms with van der Waals surface area (Å²) in [6.07, 6.45) is 0. The fourth-order valence-corrected chi connectivity index (χ4v) is 1.15. The molecule has 1 rings (SSSR count). The third kappa shape index (κ3) is 3.17. The van der Waals surface area contributed by atoms with Crippen LogP contribution < -0.4 is 15.4 Å². The molecule has 1 aromatic rings. The van der Waals surface area contributed by atoms with Crippen LogP contribution in [0.5, 0.6) is 6.01 Å². The Morgan fingerprint density at radius 2 is 1.81 bits per heavy atom. The first-order chi connectivity index (χ1) is 7.71. The van der Waals surface area contributed by atoms with Crippen molar-refractivity contribution in [1.29, 1.82) is 0 Å². The van der Waals surface area contributed by atoms with Gasteiger partial charge in [0.1, 0.15) is 0 Å². The van der Waals surface area contributed by atoms with Crippen LogP contribution >= 0.6 is 0 Å². The molecule has 0 saturated carbocycles. The molecular formula is C8H15N5O3. The number of rotatable bonds is 6. The van der Waals surface area contributed by atoms with Crippen molar-refractivity contribution in [2.45, 2.75) is 0 Å². The predicted molar refractivity (Wildman–Crippen MR) is 57.2 cm³/mol. The maximum atomic E-state index is 8.86. The Labute approximate surface area is 92.7 Å². The molecule has 0 radical (unpaired) electrons. The summed E-state index contributed by atoms with van der Waals surface area (Å²) < 4.78 is 4.85. The molecule has 0 aliphatic carbocycles. The van der Waals surface area contributed by atoms with E-state index in [1.54, 1.807) is 4.90 Å². The van der Waals surface area contributed by atoms with E-state index in [1.807, 2.05) is 0 Å². The summed E-state index contributed by atoms with van der Waals surface area (Å²) in [6, 6.07) is 0.100. The third-order valence-electron chi connectivity index (χ3n) is 1.83. The Morgan fingerprint density at radius 1 is 1.19 bits per heavy atom. The van der Waals surface area contributed by atoms with Crippen LogP contribution in [0, 0.1) is 0 Å². The molecule has 0 amide bonds. The summed E-state index contributed by atoms with van der Waals surface area (Å²) in [6.45, 7) is 0.447. The van der Waals surface area contributed by atoms with Gasteiger partial charge in [-0.1, -0.05) is 0 Å². The van der Waals surface area contributed by atoms with Gasteiger partial charge in [-0.3, -0.25) is 0 Å². The Bertz CT molecular complexity index is 329. The number of methoxy groups -OCH3 is 1. The fourth-order valence-electron chi connectivity index (χ4n) is 1.15. The molecule has 0 aromatic carbocycles. The number of nitrogen functional groups attached to an aromatic ring is 1. The second-order valence-electron chi connectivity index (χ2n) is 2.91. The van der Waals surface area contributed by atoms with Crippen LogP contribution in [0.1, 0.15) is 0 Å². The molecule has 1 aromatic heterocycles. The van der Waals surface area contributed by atoms with Crippen molar-refractivity contribution < 1.29 is 14.9 Å². The standard InChI is InChI=1S/C8H15N5O3/c1-16-8-11-6(9)10-7(12-8)13(2-4-14)3-5-15/h14-15H,2-5H2,1H3,(H2,9,10,11,12). The SMILES string of the molecule is COc1nc(N)nc(N(CCO)CCO)n1. The van der Waals surface area contributed by atoms with Gasteiger partial charge in [-0.25, -0.2) is 0 Å². The molecule has 0 atom stereocenters. The van der Waals surface area contributed by atoms with Crippen LogP contribution in [0.3, 0.4) is 0 Å². The molecule has 8 nitrogen and oxygen atoms in total. The van der Waals surface area contributed by atoms with E-state index in [-0.39, 0.29) is 31.1 Å². The van der Waals surface area contributed by atoms with Crippen molar-refractivity contribution in [3.05, 3.63) is 0 Å². The lowest BCUT2D eigenvalue weighted by atomic mass is 10.5. The summed E-state index contributed by atoms with van der Waals surface area (Å²) in [4.78, 5) is 13.2. The first kappa shape index (κ1) is 12.4. The summed E-state index contributed by atoms with van der Waals surface area (Å²) >= 11 is 0. The molecule has 0 bridgehead atoms. The van der Waals surface area contributed by atoms with Gasteiger partial charge in [0.15, 0.2) is 0 Å². The molecule has 1 heterocycles. The van der Waals surface area contributed by atoms with Crippen LogP contribution in [0.2, 0.25) is 0 Å². The first-order valence-electron chi connectivity index (χ1n) is 4.73. The predicted octanol–water partition coefficient (Wildman–Crippen LogP) is -1.75. The summed E-state index contributed by atoms with van der Waals surface area (Å²) in [5.74, 6) is 0.301. The van der Waals surface area contributed by atoms with E-state index in [4.69, 9.17) is 20.7 Å². The van der Waals surface area contributed by atoms with E-state index in [1.165, 1.54) is 7.11 Å². The Morgan fingerprint density at radius 3 is 2.31 bits per heavy atom. The largest absolute Gasteiger partial charge is 0.467 e. The molecule has 0 unspecified atom stereocenters. The highest BCUT2D eigenvalue weighted by molar-refractivity contribution is 5.35. The second-order valence-corrected chi connectivity index (χ2v) is 2.91. The number of aromatic nitrogens is 3. The summed E-state index contributed by atoms with van der Waals surface area (Å²) in [7, 11) is 1.42. The highest BCUT2D eigenvalue weighted by atomic mass is 16.5. The third-order valence-corrected chi connectivity index (χ3v) is 1.83. The van der Waals surface area contributed by atoms with Crippen molar-refractivity contribution in [3.63, 3.8) is 0 Å². The number of hydrogen-bond donors (Lipinski definition) is 3. The maximum Gasteiger partial charge on any atom is 0.322 e. The van der Waals surface area contributed by atoms with Gasteiger partial charge in [0.25, 0.3) is 0 Å². The normalized spacial score (nSPS) is 10.2. The number of ether oxygens (including phenoxy) is 1. The van der Waals surface area contributed by atoms with Crippen molar-refractivity contribution in [3.8, 4) is 6.01 Å². The first-order valence-corrected chi connectivity index (χ1v) is 4.73. The van der Waals surface area contributed by atoms with Gasteiger partial charge in [-0.05, 0) is 0 Å². The van der Waals surface area contributed by atoms with E-state index < -0.39 is 0 Å². The topological polar surface area (TPSA) is 118 Å². The number of aliphatic hydroxyl groups is 2. The van der Waals surface area contributed by atoms with Crippen LogP contribution in [-0.4, -0.2) is 58.6 Å². The second kappa shape index (κ2) is 6.03. The smallest absolute Gasteiger partial charge is 0.322 e. The van der Waals surface area contributed by atoms with Gasteiger partial charge in [0.2, 0.25) is 11.9 Å². The van der Waals surface area contributed by atoms with Gasteiger partial charge in [0.05, 0.1) is 20.3 Å². The van der Waals surface area contributed by atoms with Crippen molar-refractivity contribution >= 4 is 11.9 Å². The minimum absolute atomic E-state index is 0.0303. The van der Waals surface area contributed by atoms with E-state index in [0.717, 1.165) is 0 Å². The van der Waals surface area contributed by atoms with Crippen LogP contribution in [0.25, 0.3) is 0 Å². The van der Waals surface area contributed by atoms with Gasteiger partial charge >= 0.3 is 6.01 Å². The van der Waals surface area contributed by atoms with E-state index in [9.17, 15) is 0 Å². The van der Waals surface area contributed by atoms with Gasteiger partial charge in [0, 0.05) is 13.1 Å². The Balaban J connectivity index is 2.93. The lowest BCUT2D eigenvalue weighted by Gasteiger charge is -2.20. The average molecular weight is 229 g/mol. The molecular weight excluding hydrogens is 214 g/mol. The van der Waals surface area contributed by atoms with Gasteiger partial charge < -0.3 is 25.6 Å². The molecule has 16 heavy (non-hydrogen) atoms. The monoisotopic (exact) mass is 229 g/mol. The molecule has 8 heteroatoms. The quantitative estimate of drug-likeness (QED) is 0.526. The molecule has 0 saturated heterocycles. The maximum absolute atomic E-state index is 8.86. The number of anilines is 2. The zero-order valence-electron chi connectivity index (χ0n) is 9.00. The number of aliphatic hydroxyl groups excluding tert-OH is 2. The zero-order chi connectivity index (χ0) is 12.0. The minimum atomic E-state index is -0.0755. The molecule has 4 N–H and O–H groups in total. The van der Waals surface area contributed by atoms with Crippen LogP contribution in [0.15, 0.2) is 0 Å². The number of hydrogen-bond acceptors (Lipinski definition) is 8. The number of nitrogens with two attached hydrogens (primary N) is 1. The molecule has 90 valence electrons. The lowest BCUT2D eigenvalue weighted by molar-refractivity contribution is 0.279. The Hall–Kier alpha value is -1.67. The fraction of sp³-hybridized carbons (Fsp3) is 0.625. The van der Waals surface area contributed by atoms with Crippen molar-refractivity contribution in [2.24, 2.45) is 0 Å².